The highest BCUT2D eigenvalue weighted by Crippen LogP contribution is 2.27. The van der Waals surface area contributed by atoms with E-state index in [1.54, 1.807) is 0 Å². The van der Waals surface area contributed by atoms with Crippen molar-refractivity contribution in [3.8, 4) is 11.1 Å². The molecule has 1 N–H and O–H groups in total. The van der Waals surface area contributed by atoms with Crippen LogP contribution in [0.2, 0.25) is 0 Å². The third-order valence-corrected chi connectivity index (χ3v) is 5.58. The predicted octanol–water partition coefficient (Wildman–Crippen LogP) is 6.23. The second kappa shape index (κ2) is 10.4. The molecular weight excluding hydrogens is 378 g/mol. The van der Waals surface area contributed by atoms with Crippen molar-refractivity contribution in [2.24, 2.45) is 0 Å². The summed E-state index contributed by atoms with van der Waals surface area (Å²) >= 11 is 0. The molecule has 0 heterocycles. The largest absolute Gasteiger partial charge is 0.356 e. The number of nitrogens with one attached hydrogen (secondary N) is 1. The lowest BCUT2D eigenvalue weighted by atomic mass is 9.88. The summed E-state index contributed by atoms with van der Waals surface area (Å²) in [5.41, 5.74) is 5.93. The zero-order valence-corrected chi connectivity index (χ0v) is 17.6. The van der Waals surface area contributed by atoms with E-state index in [9.17, 15) is 4.79 Å². The van der Waals surface area contributed by atoms with Gasteiger partial charge in [0.25, 0.3) is 0 Å². The average molecular weight is 406 g/mol. The quantitative estimate of drug-likeness (QED) is 0.370. The van der Waals surface area contributed by atoms with Gasteiger partial charge in [0.2, 0.25) is 5.91 Å². The monoisotopic (exact) mass is 405 g/mol. The van der Waals surface area contributed by atoms with Gasteiger partial charge in [0, 0.05) is 12.5 Å². The van der Waals surface area contributed by atoms with E-state index < -0.39 is 0 Å². The van der Waals surface area contributed by atoms with Crippen LogP contribution in [0.5, 0.6) is 0 Å². The van der Waals surface area contributed by atoms with Crippen LogP contribution >= 0.6 is 0 Å². The van der Waals surface area contributed by atoms with Crippen molar-refractivity contribution in [1.82, 2.24) is 5.32 Å². The topological polar surface area (TPSA) is 29.1 Å². The van der Waals surface area contributed by atoms with Gasteiger partial charge in [-0.05, 0) is 34.2 Å². The summed E-state index contributed by atoms with van der Waals surface area (Å²) in [6.07, 6.45) is 1.27. The van der Waals surface area contributed by atoms with Crippen molar-refractivity contribution < 1.29 is 4.79 Å². The number of rotatable bonds is 8. The molecule has 0 bridgehead atoms. The minimum Gasteiger partial charge on any atom is -0.356 e. The smallest absolute Gasteiger partial charge is 0.224 e. The molecule has 0 atom stereocenters. The minimum absolute atomic E-state index is 0.0623. The van der Waals surface area contributed by atoms with Crippen molar-refractivity contribution in [2.45, 2.75) is 18.8 Å². The third-order valence-electron chi connectivity index (χ3n) is 5.58. The highest BCUT2D eigenvalue weighted by atomic mass is 16.1. The maximum Gasteiger partial charge on any atom is 0.224 e. The summed E-state index contributed by atoms with van der Waals surface area (Å²) in [6.45, 7) is 0.648. The number of carbonyl (C=O) groups excluding carboxylic acids is 1. The van der Waals surface area contributed by atoms with Crippen molar-refractivity contribution in [1.29, 1.82) is 0 Å². The Balaban J connectivity index is 1.33. The van der Waals surface area contributed by atoms with Gasteiger partial charge in [-0.15, -0.1) is 0 Å². The summed E-state index contributed by atoms with van der Waals surface area (Å²) in [7, 11) is 0. The summed E-state index contributed by atoms with van der Waals surface area (Å²) in [6, 6.07) is 39.5. The van der Waals surface area contributed by atoms with Crippen LogP contribution in [0.25, 0.3) is 11.1 Å². The zero-order chi connectivity index (χ0) is 21.3. The molecule has 2 nitrogen and oxygen atoms in total. The summed E-state index contributed by atoms with van der Waals surface area (Å²) in [5, 5.41) is 3.11. The van der Waals surface area contributed by atoms with E-state index in [2.05, 4.69) is 78.1 Å². The highest BCUT2D eigenvalue weighted by molar-refractivity contribution is 5.78. The van der Waals surface area contributed by atoms with Crippen LogP contribution < -0.4 is 5.32 Å². The van der Waals surface area contributed by atoms with Gasteiger partial charge in [0.15, 0.2) is 0 Å². The second-order valence-corrected chi connectivity index (χ2v) is 7.75. The molecule has 0 aliphatic heterocycles. The van der Waals surface area contributed by atoms with Crippen LogP contribution in [0.15, 0.2) is 115 Å². The van der Waals surface area contributed by atoms with Crippen LogP contribution in [0, 0.1) is 0 Å². The Hall–Kier alpha value is -3.65. The fourth-order valence-corrected chi connectivity index (χ4v) is 3.95. The molecule has 1 amide bonds. The Bertz CT molecular complexity index is 1030. The Morgan fingerprint density at radius 3 is 1.65 bits per heavy atom. The Morgan fingerprint density at radius 1 is 0.613 bits per heavy atom. The lowest BCUT2D eigenvalue weighted by molar-refractivity contribution is -0.120. The van der Waals surface area contributed by atoms with Gasteiger partial charge in [-0.1, -0.05) is 115 Å². The van der Waals surface area contributed by atoms with E-state index in [4.69, 9.17) is 0 Å². The number of carbonyl (C=O) groups is 1. The van der Waals surface area contributed by atoms with E-state index in [-0.39, 0.29) is 11.8 Å². The van der Waals surface area contributed by atoms with Gasteiger partial charge >= 0.3 is 0 Å². The standard InChI is InChI=1S/C29H27NO/c31-29(22-23-16-18-25(19-17-23)24-10-4-1-5-11-24)30-21-20-28(26-12-6-2-7-13-26)27-14-8-3-9-15-27/h1-19,28H,20-22H2,(H,30,31). The second-order valence-electron chi connectivity index (χ2n) is 7.75. The fourth-order valence-electron chi connectivity index (χ4n) is 3.95. The molecule has 4 aromatic carbocycles. The predicted molar refractivity (Wildman–Crippen MR) is 128 cm³/mol. The van der Waals surface area contributed by atoms with E-state index in [0.29, 0.717) is 13.0 Å². The Morgan fingerprint density at radius 2 is 1.10 bits per heavy atom. The lowest BCUT2D eigenvalue weighted by Crippen LogP contribution is -2.27. The molecule has 0 spiro atoms. The maximum absolute atomic E-state index is 12.5. The molecule has 31 heavy (non-hydrogen) atoms. The van der Waals surface area contributed by atoms with Gasteiger partial charge in [0.1, 0.15) is 0 Å². The average Bonchev–Trinajstić information content (AvgIpc) is 2.84. The van der Waals surface area contributed by atoms with Crippen LogP contribution in [0.4, 0.5) is 0 Å². The van der Waals surface area contributed by atoms with Gasteiger partial charge in [0.05, 0.1) is 6.42 Å². The first-order chi connectivity index (χ1) is 15.3. The molecule has 154 valence electrons. The van der Waals surface area contributed by atoms with Crippen molar-refractivity contribution in [3.63, 3.8) is 0 Å². The van der Waals surface area contributed by atoms with Gasteiger partial charge in [-0.2, -0.15) is 0 Å². The molecule has 0 aliphatic rings. The van der Waals surface area contributed by atoms with Crippen molar-refractivity contribution >= 4 is 5.91 Å². The molecule has 0 aromatic heterocycles. The Kier molecular flexibility index (Phi) is 6.92. The third kappa shape index (κ3) is 5.70. The molecule has 0 saturated heterocycles. The first-order valence-electron chi connectivity index (χ1n) is 10.8. The summed E-state index contributed by atoms with van der Waals surface area (Å²) in [4.78, 5) is 12.5. The van der Waals surface area contributed by atoms with Crippen LogP contribution in [-0.2, 0) is 11.2 Å². The molecule has 2 heteroatoms. The molecule has 0 saturated carbocycles. The molecule has 4 aromatic rings. The normalized spacial score (nSPS) is 10.7. The minimum atomic E-state index is 0.0623. The van der Waals surface area contributed by atoms with E-state index in [0.717, 1.165) is 12.0 Å². The number of benzene rings is 4. The fraction of sp³-hybridized carbons (Fsp3) is 0.138. The molecule has 0 aliphatic carbocycles. The van der Waals surface area contributed by atoms with Crippen LogP contribution in [0.3, 0.4) is 0 Å². The number of hydrogen-bond acceptors (Lipinski definition) is 1. The maximum atomic E-state index is 12.5. The van der Waals surface area contributed by atoms with Crippen molar-refractivity contribution in [3.05, 3.63) is 132 Å². The van der Waals surface area contributed by atoms with E-state index >= 15 is 0 Å². The molecular formula is C29H27NO. The number of amides is 1. The zero-order valence-electron chi connectivity index (χ0n) is 17.6. The lowest BCUT2D eigenvalue weighted by Gasteiger charge is -2.18. The Labute approximate surface area is 184 Å². The summed E-state index contributed by atoms with van der Waals surface area (Å²) in [5.74, 6) is 0.334. The summed E-state index contributed by atoms with van der Waals surface area (Å²) < 4.78 is 0. The van der Waals surface area contributed by atoms with E-state index in [1.807, 2.05) is 42.5 Å². The first kappa shape index (κ1) is 20.6. The van der Waals surface area contributed by atoms with E-state index in [1.165, 1.54) is 22.3 Å². The van der Waals surface area contributed by atoms with Crippen LogP contribution in [0.1, 0.15) is 29.0 Å². The molecule has 0 radical (unpaired) electrons. The van der Waals surface area contributed by atoms with Crippen molar-refractivity contribution in [2.75, 3.05) is 6.54 Å². The van der Waals surface area contributed by atoms with Gasteiger partial charge in [-0.3, -0.25) is 4.79 Å². The molecule has 0 fully saturated rings. The molecule has 4 rings (SSSR count). The van der Waals surface area contributed by atoms with Crippen LogP contribution in [-0.4, -0.2) is 12.5 Å². The first-order valence-corrected chi connectivity index (χ1v) is 10.8. The number of hydrogen-bond donors (Lipinski definition) is 1. The van der Waals surface area contributed by atoms with Gasteiger partial charge < -0.3 is 5.32 Å². The SMILES string of the molecule is O=C(Cc1ccc(-c2ccccc2)cc1)NCCC(c1ccccc1)c1ccccc1. The molecule has 0 unspecified atom stereocenters. The highest BCUT2D eigenvalue weighted by Gasteiger charge is 2.14. The van der Waals surface area contributed by atoms with Gasteiger partial charge in [-0.25, -0.2) is 0 Å².